The Morgan fingerprint density at radius 2 is 0.786 bits per heavy atom. The maximum atomic E-state index is 14.4. The van der Waals surface area contributed by atoms with Crippen LogP contribution in [-0.2, 0) is 0 Å². The van der Waals surface area contributed by atoms with Gasteiger partial charge in [0.2, 0.25) is 11.6 Å². The third-order valence-electron chi connectivity index (χ3n) is 8.65. The molecule has 0 unspecified atom stereocenters. The lowest BCUT2D eigenvalue weighted by Crippen LogP contribution is -2.50. The van der Waals surface area contributed by atoms with E-state index in [1.54, 1.807) is 48.5 Å². The lowest BCUT2D eigenvalue weighted by Gasteiger charge is -2.41. The molecule has 0 atom stereocenters. The number of aliphatic hydroxyl groups is 2. The molecule has 42 heavy (non-hydrogen) atoms. The molecule has 0 aromatic heterocycles. The first-order valence-electron chi connectivity index (χ1n) is 14.5. The summed E-state index contributed by atoms with van der Waals surface area (Å²) in [6, 6.07) is 13.3. The molecular formula is C32H34N4O6. The fourth-order valence-electron chi connectivity index (χ4n) is 6.47. The van der Waals surface area contributed by atoms with Crippen molar-refractivity contribution >= 4 is 23.1 Å². The number of carbonyl (C=O) groups is 4. The monoisotopic (exact) mass is 570 g/mol. The van der Waals surface area contributed by atoms with Gasteiger partial charge >= 0.3 is 0 Å². The third kappa shape index (κ3) is 4.80. The van der Waals surface area contributed by atoms with Gasteiger partial charge in [0, 0.05) is 87.7 Å². The van der Waals surface area contributed by atoms with Gasteiger partial charge in [-0.3, -0.25) is 29.0 Å². The van der Waals surface area contributed by atoms with Gasteiger partial charge in [-0.2, -0.15) is 0 Å². The van der Waals surface area contributed by atoms with Crippen molar-refractivity contribution in [3.63, 3.8) is 0 Å². The van der Waals surface area contributed by atoms with Gasteiger partial charge in [0.05, 0.1) is 35.8 Å². The summed E-state index contributed by atoms with van der Waals surface area (Å²) < 4.78 is 0. The molecule has 2 aromatic carbocycles. The second kappa shape index (κ2) is 11.7. The Hall–Kier alpha value is -3.96. The van der Waals surface area contributed by atoms with Crippen LogP contribution < -0.4 is 0 Å². The smallest absolute Gasteiger partial charge is 0.210 e. The Balaban J connectivity index is 1.54. The molecule has 0 bridgehead atoms. The first-order chi connectivity index (χ1) is 20.4. The van der Waals surface area contributed by atoms with E-state index in [0.29, 0.717) is 65.4 Å². The molecule has 0 amide bonds. The van der Waals surface area contributed by atoms with Crippen molar-refractivity contribution in [2.75, 3.05) is 78.7 Å². The zero-order valence-electron chi connectivity index (χ0n) is 23.4. The van der Waals surface area contributed by atoms with Crippen LogP contribution in [0.4, 0.5) is 0 Å². The molecule has 2 fully saturated rings. The number of allylic oxidation sites excluding steroid dienone is 4. The van der Waals surface area contributed by atoms with Gasteiger partial charge in [0.25, 0.3) is 0 Å². The molecule has 6 rings (SSSR count). The number of fused-ring (bicyclic) bond motifs is 2. The molecular weight excluding hydrogens is 536 g/mol. The predicted octanol–water partition coefficient (Wildman–Crippen LogP) is 0.873. The summed E-state index contributed by atoms with van der Waals surface area (Å²) >= 11 is 0. The molecule has 2 saturated heterocycles. The fraction of sp³-hybridized carbons (Fsp3) is 0.375. The van der Waals surface area contributed by atoms with Crippen molar-refractivity contribution < 1.29 is 29.4 Å². The lowest BCUT2D eigenvalue weighted by atomic mass is 9.76. The van der Waals surface area contributed by atoms with Gasteiger partial charge in [-0.05, 0) is 0 Å². The van der Waals surface area contributed by atoms with Crippen LogP contribution in [0.25, 0.3) is 0 Å². The van der Waals surface area contributed by atoms with Gasteiger partial charge in [-0.15, -0.1) is 0 Å². The fourth-order valence-corrected chi connectivity index (χ4v) is 6.47. The molecule has 10 heteroatoms. The molecule has 2 N–H and O–H groups in total. The highest BCUT2D eigenvalue weighted by Gasteiger charge is 2.45. The first-order valence-corrected chi connectivity index (χ1v) is 14.5. The average molecular weight is 571 g/mol. The van der Waals surface area contributed by atoms with Crippen LogP contribution in [0.2, 0.25) is 0 Å². The molecule has 0 spiro atoms. The maximum Gasteiger partial charge on any atom is 0.210 e. The summed E-state index contributed by atoms with van der Waals surface area (Å²) in [5, 5.41) is 18.8. The highest BCUT2D eigenvalue weighted by molar-refractivity contribution is 6.36. The van der Waals surface area contributed by atoms with E-state index < -0.39 is 11.6 Å². The SMILES string of the molecule is O=C1C(C2=C(N3CCN(CCO)CC3)C(=O)c3ccccc3C2=O)=C(N2CCN(CCO)CC2)C(=O)c2ccccc21. The second-order valence-electron chi connectivity index (χ2n) is 11.0. The van der Waals surface area contributed by atoms with E-state index in [4.69, 9.17) is 0 Å². The Labute approximate surface area is 244 Å². The van der Waals surface area contributed by atoms with Gasteiger partial charge in [0.1, 0.15) is 0 Å². The van der Waals surface area contributed by atoms with Crippen LogP contribution in [0, 0.1) is 0 Å². The molecule has 0 saturated carbocycles. The number of hydrogen-bond donors (Lipinski definition) is 2. The van der Waals surface area contributed by atoms with Gasteiger partial charge in [0.15, 0.2) is 11.6 Å². The number of benzene rings is 2. The highest BCUT2D eigenvalue weighted by atomic mass is 16.3. The number of β-amino-alcohol motifs (C(OH)–C–C–N with tert-alkyl or cyclic N) is 2. The Morgan fingerprint density at radius 1 is 0.476 bits per heavy atom. The van der Waals surface area contributed by atoms with Crippen molar-refractivity contribution in [1.29, 1.82) is 0 Å². The Bertz CT molecular complexity index is 1400. The summed E-state index contributed by atoms with van der Waals surface area (Å²) in [5.74, 6) is -1.56. The number of carbonyl (C=O) groups excluding carboxylic acids is 4. The van der Waals surface area contributed by atoms with E-state index in [0.717, 1.165) is 0 Å². The average Bonchev–Trinajstić information content (AvgIpc) is 3.02. The third-order valence-corrected chi connectivity index (χ3v) is 8.65. The number of Topliss-reactive ketones (excluding diaryl/α,β-unsaturated/α-hetero) is 4. The summed E-state index contributed by atoms with van der Waals surface area (Å²) in [6.45, 7) is 5.11. The van der Waals surface area contributed by atoms with Crippen LogP contribution >= 0.6 is 0 Å². The van der Waals surface area contributed by atoms with Crippen LogP contribution in [0.15, 0.2) is 71.1 Å². The number of nitrogens with zero attached hydrogens (tertiary/aromatic N) is 4. The van der Waals surface area contributed by atoms with E-state index in [2.05, 4.69) is 9.80 Å². The van der Waals surface area contributed by atoms with E-state index in [9.17, 15) is 29.4 Å². The molecule has 2 aromatic rings. The number of piperazine rings is 2. The standard InChI is InChI=1S/C32H34N4O6/c37-19-17-33-9-13-35(14-10-33)27-25(29(39)21-5-1-3-7-23(21)31(27)41)26-28(36-15-11-34(12-16-36)18-20-38)32(42)24-8-4-2-6-22(24)30(26)40/h1-8,37-38H,9-20H2. The van der Waals surface area contributed by atoms with Crippen molar-refractivity contribution in [3.8, 4) is 0 Å². The first kappa shape index (κ1) is 28.2. The Kier molecular flexibility index (Phi) is 7.87. The van der Waals surface area contributed by atoms with Crippen molar-refractivity contribution in [3.05, 3.63) is 93.3 Å². The normalized spacial score (nSPS) is 20.4. The molecule has 2 aliphatic carbocycles. The van der Waals surface area contributed by atoms with E-state index in [1.165, 1.54) is 0 Å². The van der Waals surface area contributed by atoms with Gasteiger partial charge in [-0.1, -0.05) is 48.5 Å². The number of ketones is 4. The summed E-state index contributed by atoms with van der Waals surface area (Å²) in [7, 11) is 0. The minimum Gasteiger partial charge on any atom is -0.395 e. The van der Waals surface area contributed by atoms with Crippen LogP contribution in [-0.4, -0.2) is 132 Å². The molecule has 2 heterocycles. The van der Waals surface area contributed by atoms with Crippen LogP contribution in [0.1, 0.15) is 41.4 Å². The van der Waals surface area contributed by atoms with Crippen molar-refractivity contribution in [2.24, 2.45) is 0 Å². The van der Waals surface area contributed by atoms with E-state index in [1.807, 2.05) is 9.80 Å². The zero-order valence-corrected chi connectivity index (χ0v) is 23.4. The van der Waals surface area contributed by atoms with Crippen LogP contribution in [0.3, 0.4) is 0 Å². The zero-order chi connectivity index (χ0) is 29.4. The summed E-state index contributed by atoms with van der Waals surface area (Å²) in [5.41, 5.74) is 1.33. The summed E-state index contributed by atoms with van der Waals surface area (Å²) in [4.78, 5) is 65.0. The Morgan fingerprint density at radius 3 is 1.10 bits per heavy atom. The van der Waals surface area contributed by atoms with Gasteiger partial charge < -0.3 is 20.0 Å². The highest BCUT2D eigenvalue weighted by Crippen LogP contribution is 2.39. The topological polar surface area (TPSA) is 122 Å². The van der Waals surface area contributed by atoms with Crippen molar-refractivity contribution in [1.82, 2.24) is 19.6 Å². The maximum absolute atomic E-state index is 14.4. The largest absolute Gasteiger partial charge is 0.395 e. The quantitative estimate of drug-likeness (QED) is 0.496. The van der Waals surface area contributed by atoms with Crippen molar-refractivity contribution in [2.45, 2.75) is 0 Å². The molecule has 218 valence electrons. The molecule has 10 nitrogen and oxygen atoms in total. The number of rotatable bonds is 7. The predicted molar refractivity (Wildman–Crippen MR) is 154 cm³/mol. The molecule has 2 aliphatic heterocycles. The molecule has 4 aliphatic rings. The number of aliphatic hydroxyl groups excluding tert-OH is 2. The van der Waals surface area contributed by atoms with Gasteiger partial charge in [-0.25, -0.2) is 0 Å². The van der Waals surface area contributed by atoms with E-state index in [-0.39, 0.29) is 69.6 Å². The second-order valence-corrected chi connectivity index (χ2v) is 11.0. The minimum absolute atomic E-state index is 0.00468. The number of hydrogen-bond acceptors (Lipinski definition) is 10. The lowest BCUT2D eigenvalue weighted by molar-refractivity contribution is 0.0866. The van der Waals surface area contributed by atoms with E-state index >= 15 is 0 Å². The summed E-state index contributed by atoms with van der Waals surface area (Å²) in [6.07, 6.45) is 0. The molecule has 0 radical (unpaired) electrons. The van der Waals surface area contributed by atoms with Crippen LogP contribution in [0.5, 0.6) is 0 Å². The minimum atomic E-state index is -0.440.